The van der Waals surface area contributed by atoms with Crippen LogP contribution in [-0.2, 0) is 0 Å². The molecule has 4 rings (SSSR count). The minimum atomic E-state index is -0.588. The first-order chi connectivity index (χ1) is 12.5. The first-order valence-corrected chi connectivity index (χ1v) is 8.72. The van der Waals surface area contributed by atoms with Crippen LogP contribution >= 0.6 is 11.3 Å². The lowest BCUT2D eigenvalue weighted by atomic mass is 9.83. The van der Waals surface area contributed by atoms with E-state index in [-0.39, 0.29) is 38.4 Å². The number of hydrogen-bond donors (Lipinski definition) is 0. The highest BCUT2D eigenvalue weighted by Crippen LogP contribution is 2.39. The van der Waals surface area contributed by atoms with Gasteiger partial charge in [-0.25, -0.2) is 0 Å². The summed E-state index contributed by atoms with van der Waals surface area (Å²) in [4.78, 5) is 40.5. The predicted molar refractivity (Wildman–Crippen MR) is 96.0 cm³/mol. The Labute approximate surface area is 152 Å². The molecule has 0 fully saturated rings. The second-order valence-corrected chi connectivity index (χ2v) is 7.03. The molecule has 0 radical (unpaired) electrons. The Hall–Kier alpha value is -3.19. The summed E-state index contributed by atoms with van der Waals surface area (Å²) in [5.74, 6) is -0.944. The largest absolute Gasteiger partial charge is 0.325 e. The minimum absolute atomic E-state index is 0.0653. The number of benzene rings is 1. The topological polar surface area (TPSA) is 90.2 Å². The average Bonchev–Trinajstić information content (AvgIpc) is 3.12. The highest BCUT2D eigenvalue weighted by Gasteiger charge is 2.37. The molecule has 1 atom stereocenters. The lowest BCUT2D eigenvalue weighted by Gasteiger charge is -2.20. The van der Waals surface area contributed by atoms with E-state index in [2.05, 4.69) is 4.98 Å². The summed E-state index contributed by atoms with van der Waals surface area (Å²) in [5, 5.41) is 10.8. The molecule has 26 heavy (non-hydrogen) atoms. The van der Waals surface area contributed by atoms with Gasteiger partial charge in [0.15, 0.2) is 0 Å². The summed E-state index contributed by atoms with van der Waals surface area (Å²) < 4.78 is 0. The number of ketones is 2. The summed E-state index contributed by atoms with van der Waals surface area (Å²) in [5.41, 5.74) is 2.08. The van der Waals surface area contributed by atoms with Crippen LogP contribution in [0.1, 0.15) is 55.3 Å². The van der Waals surface area contributed by atoms with Crippen LogP contribution in [0.2, 0.25) is 0 Å². The van der Waals surface area contributed by atoms with Gasteiger partial charge >= 0.3 is 5.00 Å². The zero-order chi connectivity index (χ0) is 18.4. The lowest BCUT2D eigenvalue weighted by molar-refractivity contribution is -0.380. The number of carbonyl (C=O) groups is 2. The van der Waals surface area contributed by atoms with Gasteiger partial charge in [0, 0.05) is 18.2 Å². The molecule has 1 aliphatic rings. The quantitative estimate of drug-likeness (QED) is 0.405. The summed E-state index contributed by atoms with van der Waals surface area (Å²) in [6, 6.07) is 12.5. The molecule has 2 heterocycles. The molecule has 0 spiro atoms. The Balaban J connectivity index is 1.90. The fraction of sp³-hybridized carbons (Fsp3) is 0.105. The van der Waals surface area contributed by atoms with E-state index < -0.39 is 10.7 Å². The van der Waals surface area contributed by atoms with Crippen LogP contribution in [-0.4, -0.2) is 21.5 Å². The van der Waals surface area contributed by atoms with Crippen molar-refractivity contribution in [3.05, 3.63) is 91.6 Å². The summed E-state index contributed by atoms with van der Waals surface area (Å²) in [7, 11) is 0. The molecule has 1 unspecified atom stereocenters. The van der Waals surface area contributed by atoms with Crippen molar-refractivity contribution in [2.24, 2.45) is 0 Å². The Morgan fingerprint density at radius 2 is 1.85 bits per heavy atom. The molecule has 1 aromatic carbocycles. The smallest absolute Gasteiger partial charge is 0.288 e. The Morgan fingerprint density at radius 1 is 1.12 bits per heavy atom. The van der Waals surface area contributed by atoms with Gasteiger partial charge in [0.25, 0.3) is 0 Å². The van der Waals surface area contributed by atoms with Gasteiger partial charge in [0.05, 0.1) is 20.9 Å². The Kier molecular flexibility index (Phi) is 3.73. The van der Waals surface area contributed by atoms with Crippen LogP contribution in [0.15, 0.2) is 48.7 Å². The van der Waals surface area contributed by atoms with Gasteiger partial charge < -0.3 is 0 Å². The van der Waals surface area contributed by atoms with E-state index in [9.17, 15) is 19.7 Å². The molecular weight excluding hydrogens is 352 g/mol. The maximum absolute atomic E-state index is 13.0. The molecule has 0 N–H and O–H groups in total. The molecule has 7 heteroatoms. The number of aromatic nitrogens is 1. The van der Waals surface area contributed by atoms with Crippen molar-refractivity contribution in [1.82, 2.24) is 4.98 Å². The van der Waals surface area contributed by atoms with E-state index in [1.165, 1.54) is 6.20 Å². The molecule has 2 aromatic heterocycles. The number of hydrogen-bond acceptors (Lipinski definition) is 6. The van der Waals surface area contributed by atoms with E-state index >= 15 is 0 Å². The number of nitrogens with zero attached hydrogens (tertiary/aromatic N) is 2. The van der Waals surface area contributed by atoms with Gasteiger partial charge in [0.1, 0.15) is 5.69 Å². The molecule has 0 amide bonds. The van der Waals surface area contributed by atoms with Crippen molar-refractivity contribution in [2.45, 2.75) is 12.8 Å². The number of nitro groups is 1. The van der Waals surface area contributed by atoms with E-state index in [1.807, 2.05) is 37.3 Å². The lowest BCUT2D eigenvalue weighted by Crippen LogP contribution is -2.23. The minimum Gasteiger partial charge on any atom is -0.288 e. The van der Waals surface area contributed by atoms with Crippen LogP contribution in [0.5, 0.6) is 0 Å². The molecule has 6 nitrogen and oxygen atoms in total. The van der Waals surface area contributed by atoms with E-state index in [4.69, 9.17) is 0 Å². The highest BCUT2D eigenvalue weighted by atomic mass is 32.1. The fourth-order valence-corrected chi connectivity index (χ4v) is 4.13. The van der Waals surface area contributed by atoms with E-state index in [0.717, 1.165) is 23.0 Å². The van der Waals surface area contributed by atoms with E-state index in [1.54, 1.807) is 6.07 Å². The normalized spacial score (nSPS) is 13.9. The van der Waals surface area contributed by atoms with Gasteiger partial charge in [-0.2, -0.15) is 0 Å². The highest BCUT2D eigenvalue weighted by molar-refractivity contribution is 7.17. The van der Waals surface area contributed by atoms with Crippen LogP contribution in [0.4, 0.5) is 5.00 Å². The number of thiophene rings is 1. The zero-order valence-electron chi connectivity index (χ0n) is 13.6. The second-order valence-electron chi connectivity index (χ2n) is 6.00. The molecular formula is C19H12N2O4S. The van der Waals surface area contributed by atoms with Gasteiger partial charge in [0.2, 0.25) is 11.6 Å². The third-order valence-corrected chi connectivity index (χ3v) is 5.63. The van der Waals surface area contributed by atoms with E-state index in [0.29, 0.717) is 5.56 Å². The first-order valence-electron chi connectivity index (χ1n) is 7.90. The molecule has 0 saturated heterocycles. The molecule has 3 aromatic rings. The monoisotopic (exact) mass is 364 g/mol. The number of rotatable bonds is 3. The second kappa shape index (κ2) is 5.96. The van der Waals surface area contributed by atoms with Crippen molar-refractivity contribution in [1.29, 1.82) is 0 Å². The molecule has 0 aliphatic heterocycles. The fourth-order valence-electron chi connectivity index (χ4n) is 3.22. The molecule has 128 valence electrons. The van der Waals surface area contributed by atoms with Crippen LogP contribution < -0.4 is 0 Å². The van der Waals surface area contributed by atoms with Gasteiger partial charge in [-0.05, 0) is 17.2 Å². The average molecular weight is 364 g/mol. The number of fused-ring (bicyclic) bond motifs is 2. The standard InChI is InChI=1S/C19H12N2O4S/c1-10(11-5-3-2-4-6-11)12-7-8-20-16-15(12)18(23)19-13(17(16)22)9-14(26-19)21(24)25/h2-10H,1H3. The summed E-state index contributed by atoms with van der Waals surface area (Å²) in [6.07, 6.45) is 1.50. The molecule has 1 aliphatic carbocycles. The Bertz CT molecular complexity index is 1070. The maximum atomic E-state index is 13.0. The van der Waals surface area contributed by atoms with Crippen molar-refractivity contribution >= 4 is 27.9 Å². The van der Waals surface area contributed by atoms with Crippen molar-refractivity contribution < 1.29 is 14.5 Å². The van der Waals surface area contributed by atoms with Crippen molar-refractivity contribution in [3.63, 3.8) is 0 Å². The number of pyridine rings is 1. The van der Waals surface area contributed by atoms with Gasteiger partial charge in [-0.3, -0.25) is 24.7 Å². The van der Waals surface area contributed by atoms with Gasteiger partial charge in [-0.1, -0.05) is 48.6 Å². The molecule has 0 bridgehead atoms. The summed E-state index contributed by atoms with van der Waals surface area (Å²) >= 11 is 0.738. The van der Waals surface area contributed by atoms with Crippen LogP contribution in [0.3, 0.4) is 0 Å². The van der Waals surface area contributed by atoms with Crippen molar-refractivity contribution in [2.75, 3.05) is 0 Å². The molecule has 0 saturated carbocycles. The van der Waals surface area contributed by atoms with Crippen molar-refractivity contribution in [3.8, 4) is 0 Å². The first kappa shape index (κ1) is 16.3. The predicted octanol–water partition coefficient (Wildman–Crippen LogP) is 3.98. The zero-order valence-corrected chi connectivity index (χ0v) is 14.4. The SMILES string of the molecule is CC(c1ccccc1)c1ccnc2c1C(=O)c1sc([N+](=O)[O-])cc1C2=O. The third-order valence-electron chi connectivity index (χ3n) is 4.54. The van der Waals surface area contributed by atoms with Crippen LogP contribution in [0, 0.1) is 10.1 Å². The maximum Gasteiger partial charge on any atom is 0.325 e. The van der Waals surface area contributed by atoms with Crippen LogP contribution in [0.25, 0.3) is 0 Å². The number of carbonyl (C=O) groups excluding carboxylic acids is 2. The Morgan fingerprint density at radius 3 is 2.54 bits per heavy atom. The third kappa shape index (κ3) is 2.36. The van der Waals surface area contributed by atoms with Gasteiger partial charge in [-0.15, -0.1) is 0 Å². The summed E-state index contributed by atoms with van der Waals surface area (Å²) in [6.45, 7) is 1.95.